The Hall–Kier alpha value is -2.50. The number of nitriles is 1. The molecule has 122 valence electrons. The van der Waals surface area contributed by atoms with Gasteiger partial charge in [-0.05, 0) is 24.6 Å². The molecule has 0 saturated carbocycles. The molecule has 8 heteroatoms. The molecule has 0 amide bonds. The maximum atomic E-state index is 11.7. The second-order valence-electron chi connectivity index (χ2n) is 6.09. The van der Waals surface area contributed by atoms with Gasteiger partial charge in [-0.3, -0.25) is 4.98 Å². The molecule has 0 radical (unpaired) electrons. The van der Waals surface area contributed by atoms with E-state index in [-0.39, 0.29) is 5.92 Å². The Balaban J connectivity index is 1.79. The van der Waals surface area contributed by atoms with Crippen LogP contribution in [-0.4, -0.2) is 47.0 Å². The number of rotatable bonds is 2. The van der Waals surface area contributed by atoms with E-state index >= 15 is 0 Å². The molecular formula is C16H15N5O2S. The molecular weight excluding hydrogens is 326 g/mol. The number of sulfonamides is 1. The molecule has 4 rings (SSSR count). The minimum Gasteiger partial charge on any atom is -0.340 e. The maximum Gasteiger partial charge on any atom is 0.211 e. The van der Waals surface area contributed by atoms with Crippen LogP contribution >= 0.6 is 0 Å². The highest BCUT2D eigenvalue weighted by Crippen LogP contribution is 2.30. The molecule has 24 heavy (non-hydrogen) atoms. The summed E-state index contributed by atoms with van der Waals surface area (Å²) in [5, 5.41) is 9.92. The van der Waals surface area contributed by atoms with E-state index in [0.29, 0.717) is 18.7 Å². The van der Waals surface area contributed by atoms with Crippen LogP contribution in [0.3, 0.4) is 0 Å². The molecule has 0 unspecified atom stereocenters. The number of hydrogen-bond donors (Lipinski definition) is 1. The van der Waals surface area contributed by atoms with Gasteiger partial charge in [0.05, 0.1) is 40.6 Å². The zero-order valence-corrected chi connectivity index (χ0v) is 13.8. The van der Waals surface area contributed by atoms with Gasteiger partial charge >= 0.3 is 0 Å². The van der Waals surface area contributed by atoms with Gasteiger partial charge in [-0.25, -0.2) is 17.7 Å². The Bertz CT molecular complexity index is 1100. The lowest BCUT2D eigenvalue weighted by Gasteiger charge is -2.11. The van der Waals surface area contributed by atoms with E-state index in [0.717, 1.165) is 34.2 Å². The van der Waals surface area contributed by atoms with E-state index in [4.69, 9.17) is 5.26 Å². The van der Waals surface area contributed by atoms with Crippen LogP contribution < -0.4 is 0 Å². The fourth-order valence-corrected chi connectivity index (χ4v) is 4.08. The topological polar surface area (TPSA) is 103 Å². The van der Waals surface area contributed by atoms with Crippen LogP contribution in [0.4, 0.5) is 0 Å². The maximum absolute atomic E-state index is 11.7. The molecule has 0 aliphatic carbocycles. The molecule has 1 aromatic carbocycles. The van der Waals surface area contributed by atoms with Crippen LogP contribution in [-0.2, 0) is 10.0 Å². The number of imidazole rings is 1. The van der Waals surface area contributed by atoms with E-state index in [1.165, 1.54) is 10.6 Å². The molecule has 0 spiro atoms. The fourth-order valence-electron chi connectivity index (χ4n) is 3.19. The normalized spacial score (nSPS) is 19.1. The average Bonchev–Trinajstić information content (AvgIpc) is 3.20. The summed E-state index contributed by atoms with van der Waals surface area (Å²) in [7, 11) is -3.17. The van der Waals surface area contributed by atoms with Crippen molar-refractivity contribution in [3.63, 3.8) is 0 Å². The number of benzene rings is 1. The predicted octanol–water partition coefficient (Wildman–Crippen LogP) is 1.73. The third-order valence-electron chi connectivity index (χ3n) is 4.47. The second-order valence-corrected chi connectivity index (χ2v) is 8.08. The average molecular weight is 341 g/mol. The molecule has 1 aliphatic rings. The predicted molar refractivity (Wildman–Crippen MR) is 89.9 cm³/mol. The van der Waals surface area contributed by atoms with Gasteiger partial charge in [-0.15, -0.1) is 0 Å². The first kappa shape index (κ1) is 15.1. The number of H-pyrrole nitrogens is 1. The first-order chi connectivity index (χ1) is 11.5. The number of nitrogens with one attached hydrogen (secondary N) is 1. The Morgan fingerprint density at radius 1 is 1.42 bits per heavy atom. The molecule has 1 saturated heterocycles. The van der Waals surface area contributed by atoms with Crippen LogP contribution in [0.15, 0.2) is 24.4 Å². The number of nitrogens with zero attached hydrogens (tertiary/aromatic N) is 4. The third-order valence-corrected chi connectivity index (χ3v) is 5.74. The quantitative estimate of drug-likeness (QED) is 0.764. The molecule has 0 bridgehead atoms. The Labute approximate surface area is 139 Å². The summed E-state index contributed by atoms with van der Waals surface area (Å²) in [6.07, 6.45) is 3.69. The van der Waals surface area contributed by atoms with Gasteiger partial charge in [-0.1, -0.05) is 0 Å². The van der Waals surface area contributed by atoms with Crippen molar-refractivity contribution < 1.29 is 8.42 Å². The van der Waals surface area contributed by atoms with E-state index in [1.54, 1.807) is 18.3 Å². The minimum absolute atomic E-state index is 0.0429. The first-order valence-electron chi connectivity index (χ1n) is 7.59. The summed E-state index contributed by atoms with van der Waals surface area (Å²) in [6.45, 7) is 0.950. The molecule has 1 N–H and O–H groups in total. The Kier molecular flexibility index (Phi) is 3.30. The number of aromatic nitrogens is 3. The van der Waals surface area contributed by atoms with E-state index in [1.807, 2.05) is 6.07 Å². The number of pyridine rings is 1. The van der Waals surface area contributed by atoms with Crippen molar-refractivity contribution in [2.24, 2.45) is 0 Å². The van der Waals surface area contributed by atoms with Gasteiger partial charge in [-0.2, -0.15) is 5.26 Å². The Morgan fingerprint density at radius 2 is 2.25 bits per heavy atom. The van der Waals surface area contributed by atoms with Crippen LogP contribution in [0.2, 0.25) is 0 Å². The largest absolute Gasteiger partial charge is 0.340 e. The lowest BCUT2D eigenvalue weighted by Crippen LogP contribution is -2.27. The lowest BCUT2D eigenvalue weighted by molar-refractivity contribution is 0.477. The van der Waals surface area contributed by atoms with E-state index in [9.17, 15) is 8.42 Å². The highest BCUT2D eigenvalue weighted by molar-refractivity contribution is 7.88. The molecule has 2 aromatic heterocycles. The monoisotopic (exact) mass is 341 g/mol. The van der Waals surface area contributed by atoms with Crippen molar-refractivity contribution in [1.82, 2.24) is 19.3 Å². The number of fused-ring (bicyclic) bond motifs is 3. The summed E-state index contributed by atoms with van der Waals surface area (Å²) < 4.78 is 24.8. The molecule has 1 fully saturated rings. The molecule has 1 atom stereocenters. The number of hydrogen-bond acceptors (Lipinski definition) is 5. The third kappa shape index (κ3) is 2.42. The lowest BCUT2D eigenvalue weighted by atomic mass is 10.1. The smallest absolute Gasteiger partial charge is 0.211 e. The van der Waals surface area contributed by atoms with Crippen molar-refractivity contribution in [2.75, 3.05) is 19.3 Å². The Morgan fingerprint density at radius 3 is 2.96 bits per heavy atom. The van der Waals surface area contributed by atoms with Gasteiger partial charge in [0.15, 0.2) is 0 Å². The standard InChI is InChI=1S/C16H15N5O2S/c1-24(22,23)21-5-4-11(9-21)16-19-14-8-18-13-3-2-10(7-17)6-12(13)15(14)20-16/h2-3,6,8,11H,4-5,9H2,1H3,(H,19,20)/t11-/m1/s1. The van der Waals surface area contributed by atoms with Crippen molar-refractivity contribution in [3.8, 4) is 6.07 Å². The molecule has 1 aliphatic heterocycles. The summed E-state index contributed by atoms with van der Waals surface area (Å²) in [4.78, 5) is 12.3. The minimum atomic E-state index is -3.17. The molecule has 3 heterocycles. The van der Waals surface area contributed by atoms with Crippen molar-refractivity contribution in [1.29, 1.82) is 5.26 Å². The fraction of sp³-hybridized carbons (Fsp3) is 0.312. The van der Waals surface area contributed by atoms with Gasteiger partial charge in [0, 0.05) is 24.4 Å². The van der Waals surface area contributed by atoms with Crippen molar-refractivity contribution >= 4 is 32.0 Å². The first-order valence-corrected chi connectivity index (χ1v) is 9.44. The highest BCUT2D eigenvalue weighted by atomic mass is 32.2. The summed E-state index contributed by atoms with van der Waals surface area (Å²) in [5.41, 5.74) is 2.91. The van der Waals surface area contributed by atoms with Gasteiger partial charge in [0.25, 0.3) is 0 Å². The molecule has 7 nitrogen and oxygen atoms in total. The van der Waals surface area contributed by atoms with E-state index < -0.39 is 10.0 Å². The van der Waals surface area contributed by atoms with Gasteiger partial charge in [0.2, 0.25) is 10.0 Å². The number of aromatic amines is 1. The van der Waals surface area contributed by atoms with Crippen molar-refractivity contribution in [2.45, 2.75) is 12.3 Å². The van der Waals surface area contributed by atoms with Crippen LogP contribution in [0, 0.1) is 11.3 Å². The zero-order valence-electron chi connectivity index (χ0n) is 13.0. The van der Waals surface area contributed by atoms with E-state index in [2.05, 4.69) is 21.0 Å². The van der Waals surface area contributed by atoms with Gasteiger partial charge < -0.3 is 4.98 Å². The van der Waals surface area contributed by atoms with Gasteiger partial charge in [0.1, 0.15) is 5.82 Å². The van der Waals surface area contributed by atoms with Crippen LogP contribution in [0.25, 0.3) is 21.9 Å². The van der Waals surface area contributed by atoms with Crippen molar-refractivity contribution in [3.05, 3.63) is 35.8 Å². The summed E-state index contributed by atoms with van der Waals surface area (Å²) >= 11 is 0. The summed E-state index contributed by atoms with van der Waals surface area (Å²) in [6, 6.07) is 7.45. The highest BCUT2D eigenvalue weighted by Gasteiger charge is 2.31. The SMILES string of the molecule is CS(=O)(=O)N1CC[C@@H](c2nc3c(cnc4ccc(C#N)cc43)[nH]2)C1. The zero-order chi connectivity index (χ0) is 16.9. The second kappa shape index (κ2) is 5.26. The van der Waals surface area contributed by atoms with Crippen LogP contribution in [0.1, 0.15) is 23.7 Å². The van der Waals surface area contributed by atoms with Crippen LogP contribution in [0.5, 0.6) is 0 Å². The molecule has 3 aromatic rings. The summed E-state index contributed by atoms with van der Waals surface area (Å²) in [5.74, 6) is 0.814.